The van der Waals surface area contributed by atoms with Crippen LogP contribution in [0.25, 0.3) is 0 Å². The first-order valence-corrected chi connectivity index (χ1v) is 7.30. The van der Waals surface area contributed by atoms with E-state index in [1.807, 2.05) is 13.8 Å². The second kappa shape index (κ2) is 5.77. The number of nitrogens with zero attached hydrogens (tertiary/aromatic N) is 1. The van der Waals surface area contributed by atoms with Crippen molar-refractivity contribution in [3.63, 3.8) is 0 Å². The molecule has 2 saturated heterocycles. The van der Waals surface area contributed by atoms with Crippen molar-refractivity contribution < 1.29 is 9.53 Å². The molecular formula is C14H27N3O2. The summed E-state index contributed by atoms with van der Waals surface area (Å²) in [6, 6.07) is 0. The number of carbonyl (C=O) groups is 1. The van der Waals surface area contributed by atoms with E-state index < -0.39 is 5.54 Å². The zero-order valence-corrected chi connectivity index (χ0v) is 12.4. The van der Waals surface area contributed by atoms with Crippen molar-refractivity contribution in [2.45, 2.75) is 44.7 Å². The van der Waals surface area contributed by atoms with Gasteiger partial charge in [-0.25, -0.2) is 0 Å². The zero-order valence-electron chi connectivity index (χ0n) is 12.4. The number of ether oxygens (including phenoxy) is 1. The third kappa shape index (κ3) is 3.46. The Morgan fingerprint density at radius 3 is 2.42 bits per heavy atom. The van der Waals surface area contributed by atoms with E-state index in [2.05, 4.69) is 22.5 Å². The van der Waals surface area contributed by atoms with Gasteiger partial charge < -0.3 is 15.4 Å². The Morgan fingerprint density at radius 1 is 1.26 bits per heavy atom. The topological polar surface area (TPSA) is 53.6 Å². The Morgan fingerprint density at radius 2 is 1.84 bits per heavy atom. The molecule has 0 aromatic rings. The number of rotatable bonds is 3. The Bertz CT molecular complexity index is 319. The van der Waals surface area contributed by atoms with Crippen LogP contribution in [0.1, 0.15) is 33.6 Å². The Balaban J connectivity index is 1.97. The average Bonchev–Trinajstić information content (AvgIpc) is 2.40. The van der Waals surface area contributed by atoms with Gasteiger partial charge in [0.2, 0.25) is 5.91 Å². The van der Waals surface area contributed by atoms with Gasteiger partial charge in [-0.3, -0.25) is 9.69 Å². The fourth-order valence-corrected chi connectivity index (χ4v) is 2.74. The fourth-order valence-electron chi connectivity index (χ4n) is 2.74. The molecule has 0 unspecified atom stereocenters. The molecule has 110 valence electrons. The molecule has 0 aromatic carbocycles. The molecule has 0 aromatic heterocycles. The lowest BCUT2D eigenvalue weighted by atomic mass is 9.90. The second-order valence-corrected chi connectivity index (χ2v) is 6.42. The van der Waals surface area contributed by atoms with Crippen molar-refractivity contribution in [3.05, 3.63) is 0 Å². The number of piperazine rings is 1. The minimum atomic E-state index is -0.441. The Labute approximate surface area is 116 Å². The predicted octanol–water partition coefficient (Wildman–Crippen LogP) is 0.356. The Hall–Kier alpha value is -0.650. The maximum atomic E-state index is 12.6. The highest BCUT2D eigenvalue weighted by molar-refractivity contribution is 5.86. The van der Waals surface area contributed by atoms with Crippen molar-refractivity contribution in [1.82, 2.24) is 15.5 Å². The summed E-state index contributed by atoms with van der Waals surface area (Å²) in [7, 11) is 0. The monoisotopic (exact) mass is 269 g/mol. The smallest absolute Gasteiger partial charge is 0.240 e. The molecule has 2 aliphatic rings. The molecule has 0 spiro atoms. The standard InChI is InChI=1S/C14H27N3O2/c1-13(2,17-8-6-15-7-9-17)12(18)16-14(3)4-10-19-11-5-14/h15H,4-11H2,1-3H3,(H,16,18). The first-order valence-electron chi connectivity index (χ1n) is 7.30. The molecule has 2 N–H and O–H groups in total. The third-order valence-electron chi connectivity index (χ3n) is 4.47. The van der Waals surface area contributed by atoms with Gasteiger partial charge in [0.15, 0.2) is 0 Å². The number of carbonyl (C=O) groups excluding carboxylic acids is 1. The molecule has 0 radical (unpaired) electrons. The van der Waals surface area contributed by atoms with E-state index in [1.54, 1.807) is 0 Å². The van der Waals surface area contributed by atoms with Gasteiger partial charge in [0.25, 0.3) is 0 Å². The number of hydrogen-bond donors (Lipinski definition) is 2. The van der Waals surface area contributed by atoms with Gasteiger partial charge in [-0.1, -0.05) is 0 Å². The highest BCUT2D eigenvalue weighted by atomic mass is 16.5. The molecule has 1 amide bonds. The minimum Gasteiger partial charge on any atom is -0.381 e. The molecule has 0 atom stereocenters. The zero-order chi connectivity index (χ0) is 13.9. The van der Waals surface area contributed by atoms with Crippen LogP contribution in [0.3, 0.4) is 0 Å². The van der Waals surface area contributed by atoms with Gasteiger partial charge in [0.1, 0.15) is 0 Å². The van der Waals surface area contributed by atoms with E-state index >= 15 is 0 Å². The predicted molar refractivity (Wildman–Crippen MR) is 75.1 cm³/mol. The van der Waals surface area contributed by atoms with E-state index in [0.29, 0.717) is 0 Å². The van der Waals surface area contributed by atoms with Crippen LogP contribution in [0.15, 0.2) is 0 Å². The van der Waals surface area contributed by atoms with E-state index in [1.165, 1.54) is 0 Å². The van der Waals surface area contributed by atoms with E-state index in [0.717, 1.165) is 52.2 Å². The van der Waals surface area contributed by atoms with Crippen LogP contribution >= 0.6 is 0 Å². The second-order valence-electron chi connectivity index (χ2n) is 6.42. The molecule has 0 aliphatic carbocycles. The molecule has 2 aliphatic heterocycles. The van der Waals surface area contributed by atoms with Gasteiger partial charge in [0, 0.05) is 44.9 Å². The van der Waals surface area contributed by atoms with Crippen molar-refractivity contribution in [2.75, 3.05) is 39.4 Å². The highest BCUT2D eigenvalue weighted by Crippen LogP contribution is 2.23. The van der Waals surface area contributed by atoms with Crippen molar-refractivity contribution in [2.24, 2.45) is 0 Å². The van der Waals surface area contributed by atoms with Crippen LogP contribution in [-0.2, 0) is 9.53 Å². The van der Waals surface area contributed by atoms with Crippen LogP contribution < -0.4 is 10.6 Å². The first-order chi connectivity index (χ1) is 8.94. The number of hydrogen-bond acceptors (Lipinski definition) is 4. The number of nitrogens with one attached hydrogen (secondary N) is 2. The van der Waals surface area contributed by atoms with Crippen LogP contribution in [0.5, 0.6) is 0 Å². The molecule has 2 fully saturated rings. The van der Waals surface area contributed by atoms with Crippen LogP contribution in [0.2, 0.25) is 0 Å². The van der Waals surface area contributed by atoms with E-state index in [-0.39, 0.29) is 11.4 Å². The van der Waals surface area contributed by atoms with E-state index in [9.17, 15) is 4.79 Å². The SMILES string of the molecule is CC1(NC(=O)C(C)(C)N2CCNCC2)CCOCC1. The number of amides is 1. The lowest BCUT2D eigenvalue weighted by molar-refractivity contribution is -0.135. The summed E-state index contributed by atoms with van der Waals surface area (Å²) < 4.78 is 5.38. The molecule has 2 rings (SSSR count). The quantitative estimate of drug-likeness (QED) is 0.776. The average molecular weight is 269 g/mol. The molecule has 2 heterocycles. The molecule has 19 heavy (non-hydrogen) atoms. The fraction of sp³-hybridized carbons (Fsp3) is 0.929. The van der Waals surface area contributed by atoms with Gasteiger partial charge in [0.05, 0.1) is 5.54 Å². The first kappa shape index (κ1) is 14.8. The van der Waals surface area contributed by atoms with Crippen molar-refractivity contribution in [3.8, 4) is 0 Å². The molecule has 5 nitrogen and oxygen atoms in total. The minimum absolute atomic E-state index is 0.110. The van der Waals surface area contributed by atoms with Gasteiger partial charge in [-0.15, -0.1) is 0 Å². The Kier molecular flexibility index (Phi) is 4.48. The summed E-state index contributed by atoms with van der Waals surface area (Å²) in [6.07, 6.45) is 1.80. The largest absolute Gasteiger partial charge is 0.381 e. The molecular weight excluding hydrogens is 242 g/mol. The summed E-state index contributed by atoms with van der Waals surface area (Å²) in [5.74, 6) is 0.138. The molecule has 0 saturated carbocycles. The van der Waals surface area contributed by atoms with Gasteiger partial charge in [-0.05, 0) is 33.6 Å². The van der Waals surface area contributed by atoms with Crippen LogP contribution in [0, 0.1) is 0 Å². The van der Waals surface area contributed by atoms with E-state index in [4.69, 9.17) is 4.74 Å². The van der Waals surface area contributed by atoms with Crippen LogP contribution in [0.4, 0.5) is 0 Å². The summed E-state index contributed by atoms with van der Waals surface area (Å²) in [5.41, 5.74) is -0.552. The normalized spacial score (nSPS) is 25.0. The summed E-state index contributed by atoms with van der Waals surface area (Å²) in [4.78, 5) is 14.9. The van der Waals surface area contributed by atoms with Gasteiger partial charge in [-0.2, -0.15) is 0 Å². The lowest BCUT2D eigenvalue weighted by Gasteiger charge is -2.43. The highest BCUT2D eigenvalue weighted by Gasteiger charge is 2.39. The lowest BCUT2D eigenvalue weighted by Crippen LogP contribution is -2.63. The van der Waals surface area contributed by atoms with Crippen LogP contribution in [-0.4, -0.2) is 61.3 Å². The van der Waals surface area contributed by atoms with Crippen molar-refractivity contribution in [1.29, 1.82) is 0 Å². The molecule has 5 heteroatoms. The summed E-state index contributed by atoms with van der Waals surface area (Å²) in [5, 5.41) is 6.58. The maximum absolute atomic E-state index is 12.6. The summed E-state index contributed by atoms with van der Waals surface area (Å²) >= 11 is 0. The third-order valence-corrected chi connectivity index (χ3v) is 4.47. The van der Waals surface area contributed by atoms with Gasteiger partial charge >= 0.3 is 0 Å². The summed E-state index contributed by atoms with van der Waals surface area (Å²) in [6.45, 7) is 11.4. The van der Waals surface area contributed by atoms with Crippen molar-refractivity contribution >= 4 is 5.91 Å². The molecule has 0 bridgehead atoms. The maximum Gasteiger partial charge on any atom is 0.240 e.